The van der Waals surface area contributed by atoms with Gasteiger partial charge in [-0.15, -0.1) is 0 Å². The summed E-state index contributed by atoms with van der Waals surface area (Å²) in [5, 5.41) is 14.6. The highest BCUT2D eigenvalue weighted by atomic mass is 16.4. The van der Waals surface area contributed by atoms with Crippen molar-refractivity contribution < 1.29 is 14.7 Å². The Bertz CT molecular complexity index is 1380. The molecule has 0 bridgehead atoms. The van der Waals surface area contributed by atoms with E-state index in [1.165, 1.54) is 0 Å². The van der Waals surface area contributed by atoms with Crippen molar-refractivity contribution in [2.24, 2.45) is 0 Å². The number of anilines is 1. The molecule has 188 valence electrons. The SMILES string of the molecule is C.CCNC(=O)Nc1nc2c(-c3cc(CN(C)C)ccn3)cc(-c3cncc(CC(=O)O)c3)cc2[nH]1. The third-order valence-electron chi connectivity index (χ3n) is 5.24. The molecule has 3 aromatic heterocycles. The average molecular weight is 490 g/mol. The Balaban J connectivity index is 0.00000361. The molecule has 2 amide bonds. The first kappa shape index (κ1) is 26.3. The van der Waals surface area contributed by atoms with Crippen molar-refractivity contribution in [3.8, 4) is 22.4 Å². The van der Waals surface area contributed by atoms with E-state index in [2.05, 4.69) is 35.5 Å². The molecule has 4 N–H and O–H groups in total. The Hall–Kier alpha value is -4.31. The van der Waals surface area contributed by atoms with Gasteiger partial charge in [0.05, 0.1) is 23.1 Å². The second-order valence-corrected chi connectivity index (χ2v) is 8.43. The van der Waals surface area contributed by atoms with E-state index >= 15 is 0 Å². The number of H-pyrrole nitrogens is 1. The van der Waals surface area contributed by atoms with Crippen molar-refractivity contribution in [1.29, 1.82) is 0 Å². The van der Waals surface area contributed by atoms with E-state index in [1.54, 1.807) is 18.6 Å². The van der Waals surface area contributed by atoms with Gasteiger partial charge in [-0.25, -0.2) is 9.78 Å². The molecule has 0 saturated carbocycles. The molecule has 0 saturated heterocycles. The quantitative estimate of drug-likeness (QED) is 0.292. The summed E-state index contributed by atoms with van der Waals surface area (Å²) >= 11 is 0. The number of nitrogens with one attached hydrogen (secondary N) is 3. The molecule has 0 radical (unpaired) electrons. The maximum absolute atomic E-state index is 12.1. The molecule has 0 aliphatic carbocycles. The zero-order valence-corrected chi connectivity index (χ0v) is 19.8. The van der Waals surface area contributed by atoms with Gasteiger partial charge < -0.3 is 20.3 Å². The molecule has 4 aromatic rings. The molecule has 36 heavy (non-hydrogen) atoms. The van der Waals surface area contributed by atoms with Gasteiger partial charge in [-0.3, -0.25) is 20.1 Å². The summed E-state index contributed by atoms with van der Waals surface area (Å²) in [7, 11) is 4.01. The maximum Gasteiger partial charge on any atom is 0.321 e. The number of aromatic amines is 1. The third kappa shape index (κ3) is 6.22. The zero-order valence-electron chi connectivity index (χ0n) is 19.8. The first-order valence-electron chi connectivity index (χ1n) is 11.2. The zero-order chi connectivity index (χ0) is 24.9. The van der Waals surface area contributed by atoms with Gasteiger partial charge >= 0.3 is 12.0 Å². The minimum absolute atomic E-state index is 0. The largest absolute Gasteiger partial charge is 0.481 e. The fourth-order valence-corrected chi connectivity index (χ4v) is 3.85. The predicted octanol–water partition coefficient (Wildman–Crippen LogP) is 4.15. The lowest BCUT2D eigenvalue weighted by Crippen LogP contribution is -2.28. The van der Waals surface area contributed by atoms with E-state index in [4.69, 9.17) is 0 Å². The molecule has 1 aromatic carbocycles. The number of carboxylic acid groups (broad SMARTS) is 1. The highest BCUT2D eigenvalue weighted by molar-refractivity contribution is 5.98. The lowest BCUT2D eigenvalue weighted by Gasteiger charge is -2.12. The smallest absolute Gasteiger partial charge is 0.321 e. The molecular formula is C26H31N7O3. The summed E-state index contributed by atoms with van der Waals surface area (Å²) < 4.78 is 0. The van der Waals surface area contributed by atoms with Gasteiger partial charge in [0, 0.05) is 42.8 Å². The van der Waals surface area contributed by atoms with Crippen molar-refractivity contribution in [3.63, 3.8) is 0 Å². The van der Waals surface area contributed by atoms with Crippen LogP contribution < -0.4 is 10.6 Å². The number of pyridine rings is 2. The van der Waals surface area contributed by atoms with E-state index in [-0.39, 0.29) is 19.9 Å². The van der Waals surface area contributed by atoms with Gasteiger partial charge in [0.1, 0.15) is 0 Å². The number of carboxylic acids is 1. The van der Waals surface area contributed by atoms with Crippen LogP contribution in [0.4, 0.5) is 10.7 Å². The lowest BCUT2D eigenvalue weighted by atomic mass is 9.99. The number of benzene rings is 1. The Morgan fingerprint density at radius 2 is 1.89 bits per heavy atom. The van der Waals surface area contributed by atoms with Crippen molar-refractivity contribution in [2.75, 3.05) is 26.0 Å². The van der Waals surface area contributed by atoms with Crippen LogP contribution in [0.2, 0.25) is 0 Å². The maximum atomic E-state index is 12.1. The van der Waals surface area contributed by atoms with Gasteiger partial charge in [0.25, 0.3) is 0 Å². The molecule has 0 aliphatic rings. The molecule has 0 atom stereocenters. The molecular weight excluding hydrogens is 458 g/mol. The number of carbonyl (C=O) groups excluding carboxylic acids is 1. The second kappa shape index (κ2) is 11.4. The molecule has 4 rings (SSSR count). The van der Waals surface area contributed by atoms with Crippen LogP contribution in [0.25, 0.3) is 33.4 Å². The molecule has 10 heteroatoms. The van der Waals surface area contributed by atoms with Crippen LogP contribution in [0.5, 0.6) is 0 Å². The number of carbonyl (C=O) groups is 2. The number of urea groups is 1. The molecule has 0 spiro atoms. The summed E-state index contributed by atoms with van der Waals surface area (Å²) in [6.45, 7) is 3.08. The second-order valence-electron chi connectivity index (χ2n) is 8.43. The highest BCUT2D eigenvalue weighted by Gasteiger charge is 2.16. The summed E-state index contributed by atoms with van der Waals surface area (Å²) in [6.07, 6.45) is 4.89. The number of hydrogen-bond acceptors (Lipinski definition) is 6. The fourth-order valence-electron chi connectivity index (χ4n) is 3.85. The van der Waals surface area contributed by atoms with Gasteiger partial charge in [-0.05, 0) is 68.0 Å². The van der Waals surface area contributed by atoms with Crippen LogP contribution in [-0.4, -0.2) is 62.6 Å². The normalized spacial score (nSPS) is 10.8. The van der Waals surface area contributed by atoms with Crippen LogP contribution in [0.3, 0.4) is 0 Å². The van der Waals surface area contributed by atoms with Crippen LogP contribution in [0.1, 0.15) is 25.5 Å². The number of aliphatic carboxylic acids is 1. The number of imidazole rings is 1. The van der Waals surface area contributed by atoms with Crippen molar-refractivity contribution in [3.05, 3.63) is 60.0 Å². The molecule has 10 nitrogen and oxygen atoms in total. The number of rotatable bonds is 8. The molecule has 0 unspecified atom stereocenters. The molecule has 0 aliphatic heterocycles. The molecule has 3 heterocycles. The van der Waals surface area contributed by atoms with E-state index < -0.39 is 5.97 Å². The number of hydrogen-bond donors (Lipinski definition) is 4. The lowest BCUT2D eigenvalue weighted by molar-refractivity contribution is -0.136. The third-order valence-corrected chi connectivity index (χ3v) is 5.24. The van der Waals surface area contributed by atoms with Crippen LogP contribution >= 0.6 is 0 Å². The standard InChI is InChI=1S/C25H27N7O3.CH4/c1-4-27-25(35)31-24-29-21-11-17(18-7-16(9-22(33)34)12-26-13-18)10-19(23(21)30-24)20-8-15(5-6-28-20)14-32(2)3;/h5-8,10-13H,4,9,14H2,1-3H3,(H,33,34)(H3,27,29,30,31,35);1H4. The van der Waals surface area contributed by atoms with Gasteiger partial charge in [0.15, 0.2) is 0 Å². The van der Waals surface area contributed by atoms with E-state index in [9.17, 15) is 14.7 Å². The van der Waals surface area contributed by atoms with Crippen LogP contribution in [-0.2, 0) is 17.8 Å². The van der Waals surface area contributed by atoms with Crippen molar-refractivity contribution in [1.82, 2.24) is 30.2 Å². The fraction of sp³-hybridized carbons (Fsp3) is 0.269. The summed E-state index contributed by atoms with van der Waals surface area (Å²) in [4.78, 5) is 41.9. The monoisotopic (exact) mass is 489 g/mol. The van der Waals surface area contributed by atoms with E-state index in [0.717, 1.165) is 34.5 Å². The number of fused-ring (bicyclic) bond motifs is 1. The number of nitrogens with zero attached hydrogens (tertiary/aromatic N) is 4. The topological polar surface area (TPSA) is 136 Å². The summed E-state index contributed by atoms with van der Waals surface area (Å²) in [5.74, 6) is -0.608. The first-order chi connectivity index (χ1) is 16.8. The van der Waals surface area contributed by atoms with E-state index in [0.29, 0.717) is 29.1 Å². The summed E-state index contributed by atoms with van der Waals surface area (Å²) in [6, 6.07) is 9.30. The van der Waals surface area contributed by atoms with E-state index in [1.807, 2.05) is 51.4 Å². The van der Waals surface area contributed by atoms with Gasteiger partial charge in [-0.1, -0.05) is 7.43 Å². The first-order valence-corrected chi connectivity index (χ1v) is 11.2. The van der Waals surface area contributed by atoms with Gasteiger partial charge in [-0.2, -0.15) is 0 Å². The number of aromatic nitrogens is 4. The highest BCUT2D eigenvalue weighted by Crippen LogP contribution is 2.33. The Morgan fingerprint density at radius 1 is 1.08 bits per heavy atom. The van der Waals surface area contributed by atoms with Crippen LogP contribution in [0.15, 0.2) is 48.9 Å². The summed E-state index contributed by atoms with van der Waals surface area (Å²) in [5.41, 5.74) is 6.16. The number of amides is 2. The Labute approximate surface area is 209 Å². The molecule has 0 fully saturated rings. The minimum atomic E-state index is -0.920. The predicted molar refractivity (Wildman–Crippen MR) is 141 cm³/mol. The average Bonchev–Trinajstić information content (AvgIpc) is 3.20. The van der Waals surface area contributed by atoms with Crippen LogP contribution in [0, 0.1) is 0 Å². The van der Waals surface area contributed by atoms with Gasteiger partial charge in [0.2, 0.25) is 5.95 Å². The van der Waals surface area contributed by atoms with Crippen molar-refractivity contribution in [2.45, 2.75) is 27.3 Å². The Morgan fingerprint density at radius 3 is 2.61 bits per heavy atom. The minimum Gasteiger partial charge on any atom is -0.481 e. The van der Waals surface area contributed by atoms with Crippen molar-refractivity contribution >= 4 is 29.0 Å². The Kier molecular flexibility index (Phi) is 8.34.